The molecule has 1 rings (SSSR count). The van der Waals surface area contributed by atoms with Crippen LogP contribution in [0.1, 0.15) is 32.6 Å². The summed E-state index contributed by atoms with van der Waals surface area (Å²) in [5, 5.41) is 11.2. The molecule has 0 spiro atoms. The maximum atomic E-state index is 12.8. The molecule has 37 heavy (non-hydrogen) atoms. The molecular weight excluding hydrogens is 562 g/mol. The Kier molecular flexibility index (Phi) is 17.7. The van der Waals surface area contributed by atoms with Crippen molar-refractivity contribution in [2.75, 3.05) is 60.9 Å². The average Bonchev–Trinajstić information content (AvgIpc) is 3.15. The highest BCUT2D eigenvalue weighted by Crippen LogP contribution is 2.53. The Bertz CT molecular complexity index is 765. The molecule has 0 aromatic carbocycles. The van der Waals surface area contributed by atoms with Gasteiger partial charge in [0, 0.05) is 12.6 Å². The van der Waals surface area contributed by atoms with Crippen LogP contribution in [0.25, 0.3) is 0 Å². The highest BCUT2D eigenvalue weighted by atomic mass is 31.2. The van der Waals surface area contributed by atoms with E-state index in [2.05, 4.69) is 19.5 Å². The van der Waals surface area contributed by atoms with Crippen molar-refractivity contribution < 1.29 is 69.8 Å². The van der Waals surface area contributed by atoms with Crippen LogP contribution in [0, 0.1) is 0 Å². The zero-order valence-corrected chi connectivity index (χ0v) is 24.5. The Labute approximate surface area is 218 Å². The van der Waals surface area contributed by atoms with Crippen LogP contribution in [-0.4, -0.2) is 92.1 Å². The fourth-order valence-electron chi connectivity index (χ4n) is 2.90. The second-order valence-corrected chi connectivity index (χ2v) is 12.6. The lowest BCUT2D eigenvalue weighted by Gasteiger charge is -2.21. The van der Waals surface area contributed by atoms with E-state index in [0.29, 0.717) is 6.42 Å². The summed E-state index contributed by atoms with van der Waals surface area (Å²) < 4.78 is 83.9. The summed E-state index contributed by atoms with van der Waals surface area (Å²) in [6.45, 7) is 1.18. The third-order valence-corrected chi connectivity index (χ3v) is 8.84. The predicted molar refractivity (Wildman–Crippen MR) is 131 cm³/mol. The first-order valence-electron chi connectivity index (χ1n) is 11.7. The van der Waals surface area contributed by atoms with Crippen molar-refractivity contribution in [2.45, 2.75) is 50.8 Å². The fraction of sp³-hybridized carbons (Fsp3) is 1.00. The standard InChI is InChI=1S/C17H39BNO15P3/c1-15-16(14-17(18)31-15)32-37(23,34-25-4)30-13-7-11-27-35(21,19-2)26-10-6-12-29-36(22,33-24-3)28-9-5-8-20/h15-17,20H,5-14,18H2,1-4H3,(H,19,21). The number of phosphoric acid groups is 2. The van der Waals surface area contributed by atoms with E-state index >= 15 is 0 Å². The summed E-state index contributed by atoms with van der Waals surface area (Å²) >= 11 is 0. The van der Waals surface area contributed by atoms with Gasteiger partial charge in [0.05, 0.1) is 59.5 Å². The summed E-state index contributed by atoms with van der Waals surface area (Å²) in [7, 11) is -6.08. The van der Waals surface area contributed by atoms with E-state index in [0.717, 1.165) is 7.11 Å². The number of aliphatic hydroxyl groups excluding tert-OH is 1. The minimum absolute atomic E-state index is 0.0555. The van der Waals surface area contributed by atoms with E-state index in [1.54, 1.807) is 6.92 Å². The van der Waals surface area contributed by atoms with E-state index in [1.165, 1.54) is 14.2 Å². The summed E-state index contributed by atoms with van der Waals surface area (Å²) in [6.07, 6.45) is 0.305. The maximum Gasteiger partial charge on any atom is 0.502 e. The average molecular weight is 601 g/mol. The lowest BCUT2D eigenvalue weighted by Crippen LogP contribution is -2.21. The molecule has 0 amide bonds. The third kappa shape index (κ3) is 14.4. The molecule has 1 fully saturated rings. The van der Waals surface area contributed by atoms with Crippen LogP contribution in [0.3, 0.4) is 0 Å². The van der Waals surface area contributed by atoms with E-state index in [1.807, 2.05) is 7.85 Å². The summed E-state index contributed by atoms with van der Waals surface area (Å²) in [4.78, 5) is 8.88. The predicted octanol–water partition coefficient (Wildman–Crippen LogP) is 2.08. The third-order valence-electron chi connectivity index (χ3n) is 4.56. The van der Waals surface area contributed by atoms with Crippen LogP contribution in [0.5, 0.6) is 0 Å². The molecule has 0 aliphatic carbocycles. The van der Waals surface area contributed by atoms with Gasteiger partial charge in [-0.25, -0.2) is 28.6 Å². The van der Waals surface area contributed by atoms with Gasteiger partial charge >= 0.3 is 23.4 Å². The molecule has 0 aromatic heterocycles. The molecule has 0 aromatic rings. The number of phosphoric ester groups is 2. The van der Waals surface area contributed by atoms with Crippen LogP contribution in [0.15, 0.2) is 0 Å². The largest absolute Gasteiger partial charge is 0.502 e. The molecular formula is C17H39BNO15P3. The van der Waals surface area contributed by atoms with Gasteiger partial charge in [-0.05, 0) is 39.7 Å². The van der Waals surface area contributed by atoms with Gasteiger partial charge in [-0.3, -0.25) is 27.1 Å². The second kappa shape index (κ2) is 18.6. The van der Waals surface area contributed by atoms with Crippen molar-refractivity contribution in [3.8, 4) is 0 Å². The Balaban J connectivity index is 2.36. The Morgan fingerprint density at radius 2 is 1.35 bits per heavy atom. The molecule has 16 nitrogen and oxygen atoms in total. The first-order chi connectivity index (χ1) is 17.5. The van der Waals surface area contributed by atoms with Crippen molar-refractivity contribution in [1.29, 1.82) is 0 Å². The SMILES string of the molecule is BC1CC(OP(=O)(OCCCOP(=O)(NC)OCCCOP(=O)(OCCCO)OOC)OOC)C(C)O1. The van der Waals surface area contributed by atoms with E-state index in [-0.39, 0.29) is 71.0 Å². The Hall–Kier alpha value is 0.235. The van der Waals surface area contributed by atoms with Crippen LogP contribution in [0.2, 0.25) is 0 Å². The first-order valence-corrected chi connectivity index (χ1v) is 16.1. The molecule has 1 saturated heterocycles. The topological polar surface area (TPSA) is 185 Å². The van der Waals surface area contributed by atoms with Crippen LogP contribution in [-0.2, 0) is 64.7 Å². The highest BCUT2D eigenvalue weighted by Gasteiger charge is 2.39. The Morgan fingerprint density at radius 3 is 1.81 bits per heavy atom. The van der Waals surface area contributed by atoms with Crippen LogP contribution < -0.4 is 5.09 Å². The van der Waals surface area contributed by atoms with Gasteiger partial charge in [0.2, 0.25) is 0 Å². The smallest absolute Gasteiger partial charge is 0.396 e. The summed E-state index contributed by atoms with van der Waals surface area (Å²) in [5.41, 5.74) is 0. The molecule has 0 saturated carbocycles. The van der Waals surface area contributed by atoms with Crippen molar-refractivity contribution >= 4 is 31.2 Å². The summed E-state index contributed by atoms with van der Waals surface area (Å²) in [6, 6.07) is -0.0555. The van der Waals surface area contributed by atoms with Crippen molar-refractivity contribution in [2.24, 2.45) is 0 Å². The highest BCUT2D eigenvalue weighted by molar-refractivity contribution is 7.51. The molecule has 220 valence electrons. The van der Waals surface area contributed by atoms with Gasteiger partial charge in [0.15, 0.2) is 0 Å². The van der Waals surface area contributed by atoms with Gasteiger partial charge in [0.25, 0.3) is 0 Å². The molecule has 20 heteroatoms. The molecule has 1 aliphatic heterocycles. The van der Waals surface area contributed by atoms with Crippen molar-refractivity contribution in [3.63, 3.8) is 0 Å². The number of hydrogen-bond acceptors (Lipinski definition) is 15. The quantitative estimate of drug-likeness (QED) is 0.0570. The van der Waals surface area contributed by atoms with Gasteiger partial charge in [-0.2, -0.15) is 0 Å². The van der Waals surface area contributed by atoms with Gasteiger partial charge in [-0.15, -0.1) is 9.35 Å². The maximum absolute atomic E-state index is 12.8. The van der Waals surface area contributed by atoms with Crippen LogP contribution in [0.4, 0.5) is 0 Å². The van der Waals surface area contributed by atoms with E-state index in [9.17, 15) is 13.7 Å². The van der Waals surface area contributed by atoms with Crippen LogP contribution >= 0.6 is 23.4 Å². The minimum Gasteiger partial charge on any atom is -0.396 e. The summed E-state index contributed by atoms with van der Waals surface area (Å²) in [5.74, 6) is 0. The lowest BCUT2D eigenvalue weighted by atomic mass is 9.96. The molecule has 1 aliphatic rings. The van der Waals surface area contributed by atoms with Crippen molar-refractivity contribution in [3.05, 3.63) is 0 Å². The minimum atomic E-state index is -4.03. The number of hydrogen-bond donors (Lipinski definition) is 2. The molecule has 1 heterocycles. The van der Waals surface area contributed by atoms with Gasteiger partial charge in [-0.1, -0.05) is 0 Å². The molecule has 2 N–H and O–H groups in total. The normalized spacial score (nSPS) is 24.9. The monoisotopic (exact) mass is 601 g/mol. The Morgan fingerprint density at radius 1 is 0.865 bits per heavy atom. The van der Waals surface area contributed by atoms with Crippen molar-refractivity contribution in [1.82, 2.24) is 5.09 Å². The zero-order chi connectivity index (χ0) is 27.8. The number of rotatable bonds is 23. The lowest BCUT2D eigenvalue weighted by molar-refractivity contribution is -0.204. The molecule has 6 atom stereocenters. The fourth-order valence-corrected chi connectivity index (χ4v) is 6.29. The van der Waals surface area contributed by atoms with E-state index < -0.39 is 29.5 Å². The molecule has 0 bridgehead atoms. The molecule has 0 radical (unpaired) electrons. The number of ether oxygens (including phenoxy) is 1. The van der Waals surface area contributed by atoms with Gasteiger partial charge in [0.1, 0.15) is 7.85 Å². The first kappa shape index (κ1) is 35.3. The molecule has 6 unspecified atom stereocenters. The second-order valence-electron chi connectivity index (χ2n) is 7.58. The zero-order valence-electron chi connectivity index (χ0n) is 21.8. The number of nitrogens with one attached hydrogen (secondary N) is 1. The number of aliphatic hydroxyl groups is 1. The van der Waals surface area contributed by atoms with Gasteiger partial charge < -0.3 is 9.84 Å². The van der Waals surface area contributed by atoms with E-state index in [4.69, 9.17) is 41.7 Å².